The predicted molar refractivity (Wildman–Crippen MR) is 105 cm³/mol. The molecule has 0 radical (unpaired) electrons. The summed E-state index contributed by atoms with van der Waals surface area (Å²) in [6.07, 6.45) is 5.32. The van der Waals surface area contributed by atoms with Crippen molar-refractivity contribution in [3.8, 4) is 0 Å². The summed E-state index contributed by atoms with van der Waals surface area (Å²) in [4.78, 5) is 17.2. The van der Waals surface area contributed by atoms with Gasteiger partial charge in [-0.2, -0.15) is 0 Å². The minimum absolute atomic E-state index is 0.213. The first kappa shape index (κ1) is 18.9. The fraction of sp³-hybridized carbons (Fsp3) is 0.682. The topological polar surface area (TPSA) is 42.0 Å². The molecule has 3 aliphatic rings. The first-order valence-corrected chi connectivity index (χ1v) is 10.5. The normalized spacial score (nSPS) is 26.0. The van der Waals surface area contributed by atoms with E-state index in [9.17, 15) is 4.79 Å². The van der Waals surface area contributed by atoms with Gasteiger partial charge in [0.25, 0.3) is 0 Å². The Morgan fingerprint density at radius 2 is 1.93 bits per heavy atom. The van der Waals surface area contributed by atoms with Crippen molar-refractivity contribution >= 4 is 5.91 Å². The van der Waals surface area contributed by atoms with Crippen LogP contribution in [-0.2, 0) is 20.7 Å². The lowest BCUT2D eigenvalue weighted by Crippen LogP contribution is -2.46. The van der Waals surface area contributed by atoms with Crippen LogP contribution in [0.1, 0.15) is 31.2 Å². The summed E-state index contributed by atoms with van der Waals surface area (Å²) in [6, 6.07) is 10.6. The van der Waals surface area contributed by atoms with Crippen molar-refractivity contribution in [1.82, 2.24) is 9.80 Å². The average Bonchev–Trinajstić information content (AvgIpc) is 3.01. The Balaban J connectivity index is 1.21. The second kappa shape index (κ2) is 8.72. The third-order valence-corrected chi connectivity index (χ3v) is 6.41. The average molecular weight is 373 g/mol. The van der Waals surface area contributed by atoms with Gasteiger partial charge < -0.3 is 19.3 Å². The third kappa shape index (κ3) is 4.89. The Bertz CT molecular complexity index is 607. The fourth-order valence-electron chi connectivity index (χ4n) is 4.78. The zero-order valence-electron chi connectivity index (χ0n) is 16.3. The number of likely N-dealkylation sites (tertiary alicyclic amines) is 2. The highest BCUT2D eigenvalue weighted by Gasteiger charge is 2.44. The Kier molecular flexibility index (Phi) is 6.11. The summed E-state index contributed by atoms with van der Waals surface area (Å²) >= 11 is 0. The first-order chi connectivity index (χ1) is 13.2. The van der Waals surface area contributed by atoms with Crippen LogP contribution in [0.5, 0.6) is 0 Å². The molecule has 1 unspecified atom stereocenters. The number of carbonyl (C=O) groups excluding carboxylic acids is 1. The standard InChI is InChI=1S/C22H32N2O3/c25-21-15-22(18-24(21)10-4-7-19-5-2-1-3-6-19)8-11-23(12-9-22)16-20-17-26-13-14-27-20/h1-3,5-6,20H,4,7-18H2. The summed E-state index contributed by atoms with van der Waals surface area (Å²) < 4.78 is 11.3. The van der Waals surface area contributed by atoms with Gasteiger partial charge in [-0.15, -0.1) is 0 Å². The number of piperidine rings is 1. The van der Waals surface area contributed by atoms with Gasteiger partial charge in [-0.1, -0.05) is 30.3 Å². The molecule has 3 heterocycles. The van der Waals surface area contributed by atoms with Crippen molar-refractivity contribution < 1.29 is 14.3 Å². The number of nitrogens with zero attached hydrogens (tertiary/aromatic N) is 2. The van der Waals surface area contributed by atoms with Crippen LogP contribution in [0.15, 0.2) is 30.3 Å². The number of aryl methyl sites for hydroxylation is 1. The van der Waals surface area contributed by atoms with Gasteiger partial charge in [-0.3, -0.25) is 4.79 Å². The molecule has 1 spiro atoms. The third-order valence-electron chi connectivity index (χ3n) is 6.41. The van der Waals surface area contributed by atoms with E-state index in [4.69, 9.17) is 9.47 Å². The molecule has 1 amide bonds. The van der Waals surface area contributed by atoms with Gasteiger partial charge in [-0.05, 0) is 49.8 Å². The van der Waals surface area contributed by atoms with E-state index in [1.54, 1.807) is 0 Å². The highest BCUT2D eigenvalue weighted by Crippen LogP contribution is 2.41. The zero-order chi connectivity index (χ0) is 18.5. The van der Waals surface area contributed by atoms with E-state index < -0.39 is 0 Å². The quantitative estimate of drug-likeness (QED) is 0.769. The molecule has 0 aromatic heterocycles. The molecule has 3 aliphatic heterocycles. The van der Waals surface area contributed by atoms with E-state index in [0.717, 1.165) is 84.6 Å². The fourth-order valence-corrected chi connectivity index (χ4v) is 4.78. The molecule has 0 bridgehead atoms. The molecule has 27 heavy (non-hydrogen) atoms. The van der Waals surface area contributed by atoms with Crippen molar-refractivity contribution in [2.45, 2.75) is 38.2 Å². The van der Waals surface area contributed by atoms with Crippen LogP contribution in [0.2, 0.25) is 0 Å². The van der Waals surface area contributed by atoms with E-state index >= 15 is 0 Å². The van der Waals surface area contributed by atoms with Crippen LogP contribution in [0.25, 0.3) is 0 Å². The van der Waals surface area contributed by atoms with Gasteiger partial charge in [-0.25, -0.2) is 0 Å². The van der Waals surface area contributed by atoms with Gasteiger partial charge in [0.2, 0.25) is 5.91 Å². The second-order valence-electron chi connectivity index (χ2n) is 8.45. The van der Waals surface area contributed by atoms with Crippen LogP contribution in [-0.4, -0.2) is 74.4 Å². The summed E-state index contributed by atoms with van der Waals surface area (Å²) in [5, 5.41) is 0. The number of hydrogen-bond donors (Lipinski definition) is 0. The minimum atomic E-state index is 0.213. The van der Waals surface area contributed by atoms with Crippen LogP contribution in [0.4, 0.5) is 0 Å². The van der Waals surface area contributed by atoms with Crippen LogP contribution < -0.4 is 0 Å². The molecule has 4 rings (SSSR count). The maximum Gasteiger partial charge on any atom is 0.223 e. The summed E-state index contributed by atoms with van der Waals surface area (Å²) in [5.74, 6) is 0.362. The molecule has 1 aromatic carbocycles. The van der Waals surface area contributed by atoms with Crippen LogP contribution in [0.3, 0.4) is 0 Å². The molecular weight excluding hydrogens is 340 g/mol. The summed E-state index contributed by atoms with van der Waals surface area (Å²) in [6.45, 7) is 7.12. The van der Waals surface area contributed by atoms with Crippen molar-refractivity contribution in [3.05, 3.63) is 35.9 Å². The first-order valence-electron chi connectivity index (χ1n) is 10.5. The number of amides is 1. The maximum atomic E-state index is 12.6. The Morgan fingerprint density at radius 1 is 1.11 bits per heavy atom. The molecule has 5 heteroatoms. The van der Waals surface area contributed by atoms with E-state index in [-0.39, 0.29) is 11.5 Å². The highest BCUT2D eigenvalue weighted by atomic mass is 16.6. The Morgan fingerprint density at radius 3 is 2.67 bits per heavy atom. The monoisotopic (exact) mass is 372 g/mol. The number of hydrogen-bond acceptors (Lipinski definition) is 4. The van der Waals surface area contributed by atoms with Gasteiger partial charge in [0.1, 0.15) is 0 Å². The second-order valence-corrected chi connectivity index (χ2v) is 8.45. The molecule has 5 nitrogen and oxygen atoms in total. The largest absolute Gasteiger partial charge is 0.376 e. The molecule has 0 N–H and O–H groups in total. The lowest BCUT2D eigenvalue weighted by Gasteiger charge is -2.40. The van der Waals surface area contributed by atoms with Crippen molar-refractivity contribution in [3.63, 3.8) is 0 Å². The zero-order valence-corrected chi connectivity index (χ0v) is 16.3. The van der Waals surface area contributed by atoms with E-state index in [1.807, 2.05) is 0 Å². The molecule has 1 aromatic rings. The predicted octanol–water partition coefficient (Wildman–Crippen LogP) is 2.35. The van der Waals surface area contributed by atoms with E-state index in [0.29, 0.717) is 5.91 Å². The lowest BCUT2D eigenvalue weighted by molar-refractivity contribution is -0.127. The Labute approximate surface area is 162 Å². The van der Waals surface area contributed by atoms with Gasteiger partial charge in [0.15, 0.2) is 0 Å². The van der Waals surface area contributed by atoms with Gasteiger partial charge in [0.05, 0.1) is 25.9 Å². The van der Waals surface area contributed by atoms with E-state index in [1.165, 1.54) is 5.56 Å². The van der Waals surface area contributed by atoms with Crippen molar-refractivity contribution in [2.75, 3.05) is 52.5 Å². The molecular formula is C22H32N2O3. The van der Waals surface area contributed by atoms with Gasteiger partial charge in [0, 0.05) is 26.1 Å². The van der Waals surface area contributed by atoms with Gasteiger partial charge >= 0.3 is 0 Å². The van der Waals surface area contributed by atoms with Crippen LogP contribution in [0, 0.1) is 5.41 Å². The highest BCUT2D eigenvalue weighted by molar-refractivity contribution is 5.79. The molecule has 1 atom stereocenters. The lowest BCUT2D eigenvalue weighted by atomic mass is 9.77. The minimum Gasteiger partial charge on any atom is -0.376 e. The summed E-state index contributed by atoms with van der Waals surface area (Å²) in [5.41, 5.74) is 1.57. The molecule has 0 aliphatic carbocycles. The number of carbonyl (C=O) groups is 1. The smallest absolute Gasteiger partial charge is 0.223 e. The molecule has 0 saturated carbocycles. The maximum absolute atomic E-state index is 12.6. The van der Waals surface area contributed by atoms with Crippen molar-refractivity contribution in [2.24, 2.45) is 5.41 Å². The molecule has 3 fully saturated rings. The number of ether oxygens (including phenoxy) is 2. The molecule has 148 valence electrons. The number of benzene rings is 1. The van der Waals surface area contributed by atoms with Crippen molar-refractivity contribution in [1.29, 1.82) is 0 Å². The SMILES string of the molecule is O=C1CC2(CCN(CC3COCCO3)CC2)CN1CCCc1ccccc1. The Hall–Kier alpha value is -1.43. The van der Waals surface area contributed by atoms with Crippen LogP contribution >= 0.6 is 0 Å². The summed E-state index contributed by atoms with van der Waals surface area (Å²) in [7, 11) is 0. The number of rotatable bonds is 6. The molecule has 3 saturated heterocycles. The van der Waals surface area contributed by atoms with E-state index in [2.05, 4.69) is 40.1 Å².